The summed E-state index contributed by atoms with van der Waals surface area (Å²) in [6.45, 7) is 8.13. The van der Waals surface area contributed by atoms with Gasteiger partial charge in [-0.1, -0.05) is 11.3 Å². The van der Waals surface area contributed by atoms with E-state index in [9.17, 15) is 9.90 Å². The number of nitrogens with zero attached hydrogens (tertiary/aromatic N) is 3. The summed E-state index contributed by atoms with van der Waals surface area (Å²) in [5.41, 5.74) is 0.725. The molecule has 13 heteroatoms. The van der Waals surface area contributed by atoms with Crippen LogP contribution < -0.4 is 30.2 Å². The zero-order valence-corrected chi connectivity index (χ0v) is 25.3. The number of hydrogen-bond donors (Lipinski definition) is 4. The molecular formula is C28H40N6O6S. The lowest BCUT2D eigenvalue weighted by Crippen LogP contribution is -2.51. The monoisotopic (exact) mass is 588 g/mol. The number of rotatable bonds is 11. The van der Waals surface area contributed by atoms with Crippen molar-refractivity contribution in [2.45, 2.75) is 45.8 Å². The molecule has 3 heterocycles. The quantitative estimate of drug-likeness (QED) is 0.288. The number of aliphatic hydroxyl groups is 1. The largest absolute Gasteiger partial charge is 0.493 e. The summed E-state index contributed by atoms with van der Waals surface area (Å²) in [6.07, 6.45) is 3.87. The second kappa shape index (κ2) is 13.4. The van der Waals surface area contributed by atoms with E-state index in [1.807, 2.05) is 19.1 Å². The molecule has 1 aromatic carbocycles. The van der Waals surface area contributed by atoms with Gasteiger partial charge in [0.05, 0.1) is 33.6 Å². The number of likely N-dealkylation sites (tertiary alicyclic amines) is 1. The Morgan fingerprint density at radius 1 is 1.20 bits per heavy atom. The van der Waals surface area contributed by atoms with Gasteiger partial charge in [0.1, 0.15) is 16.4 Å². The lowest BCUT2D eigenvalue weighted by Gasteiger charge is -2.39. The van der Waals surface area contributed by atoms with Crippen LogP contribution >= 0.6 is 11.3 Å². The SMILES string of the molecule is CCOC(=O)c1sc(NC2=NC(C)(NCc3cc(OC)c(OC)c(OC)c3)C=C(N3CCC(CO)CC3)N2)nc1C. The minimum atomic E-state index is -0.798. The van der Waals surface area contributed by atoms with Crippen molar-refractivity contribution in [3.05, 3.63) is 40.2 Å². The molecule has 1 aromatic heterocycles. The molecule has 0 radical (unpaired) electrons. The van der Waals surface area contributed by atoms with E-state index in [2.05, 4.69) is 31.9 Å². The van der Waals surface area contributed by atoms with Crippen molar-refractivity contribution < 1.29 is 28.8 Å². The first-order chi connectivity index (χ1) is 19.7. The number of hydrogen-bond acceptors (Lipinski definition) is 13. The molecule has 12 nitrogen and oxygen atoms in total. The fourth-order valence-corrected chi connectivity index (χ4v) is 5.71. The molecule has 4 N–H and O–H groups in total. The normalized spacial score (nSPS) is 19.1. The number of nitrogens with one attached hydrogen (secondary N) is 3. The van der Waals surface area contributed by atoms with Crippen LogP contribution in [0.15, 0.2) is 29.0 Å². The molecule has 0 spiro atoms. The Hall–Kier alpha value is -3.55. The van der Waals surface area contributed by atoms with E-state index in [1.165, 1.54) is 11.3 Å². The van der Waals surface area contributed by atoms with Gasteiger partial charge in [-0.2, -0.15) is 0 Å². The van der Waals surface area contributed by atoms with E-state index >= 15 is 0 Å². The number of aryl methyl sites for hydroxylation is 1. The number of aromatic nitrogens is 1. The molecule has 1 atom stereocenters. The van der Waals surface area contributed by atoms with E-state index in [0.717, 1.165) is 37.3 Å². The molecule has 2 aromatic rings. The Labute approximate surface area is 244 Å². The molecule has 2 aliphatic heterocycles. The molecule has 0 saturated carbocycles. The van der Waals surface area contributed by atoms with Crippen molar-refractivity contribution in [1.82, 2.24) is 20.5 Å². The van der Waals surface area contributed by atoms with Crippen LogP contribution in [0, 0.1) is 12.8 Å². The number of aliphatic hydroxyl groups excluding tert-OH is 1. The predicted octanol–water partition coefficient (Wildman–Crippen LogP) is 3.08. The molecule has 1 fully saturated rings. The van der Waals surface area contributed by atoms with Crippen molar-refractivity contribution in [3.63, 3.8) is 0 Å². The first-order valence-corrected chi connectivity index (χ1v) is 14.4. The van der Waals surface area contributed by atoms with Crippen LogP contribution in [0.3, 0.4) is 0 Å². The highest BCUT2D eigenvalue weighted by atomic mass is 32.1. The zero-order chi connectivity index (χ0) is 29.6. The fraction of sp³-hybridized carbons (Fsp3) is 0.536. The van der Waals surface area contributed by atoms with E-state index in [4.69, 9.17) is 23.9 Å². The van der Waals surface area contributed by atoms with Crippen molar-refractivity contribution in [1.29, 1.82) is 0 Å². The van der Waals surface area contributed by atoms with E-state index in [1.54, 1.807) is 35.2 Å². The van der Waals surface area contributed by atoms with Crippen LogP contribution in [0.5, 0.6) is 17.2 Å². The van der Waals surface area contributed by atoms with Gasteiger partial charge in [-0.15, -0.1) is 0 Å². The molecule has 0 amide bonds. The zero-order valence-electron chi connectivity index (χ0n) is 24.5. The Morgan fingerprint density at radius 3 is 2.46 bits per heavy atom. The molecular weight excluding hydrogens is 548 g/mol. The maximum Gasteiger partial charge on any atom is 0.350 e. The third-order valence-electron chi connectivity index (χ3n) is 7.08. The highest BCUT2D eigenvalue weighted by Crippen LogP contribution is 2.38. The molecule has 1 saturated heterocycles. The van der Waals surface area contributed by atoms with Gasteiger partial charge in [0, 0.05) is 26.2 Å². The van der Waals surface area contributed by atoms with Gasteiger partial charge in [0.2, 0.25) is 11.7 Å². The first-order valence-electron chi connectivity index (χ1n) is 13.6. The number of guanidine groups is 1. The van der Waals surface area contributed by atoms with Crippen LogP contribution in [-0.4, -0.2) is 80.2 Å². The Balaban J connectivity index is 1.60. The van der Waals surface area contributed by atoms with Crippen molar-refractivity contribution in [2.75, 3.05) is 52.9 Å². The first kappa shape index (κ1) is 30.4. The fourth-order valence-electron chi connectivity index (χ4n) is 4.85. The van der Waals surface area contributed by atoms with Gasteiger partial charge in [-0.05, 0) is 63.3 Å². The van der Waals surface area contributed by atoms with Crippen LogP contribution in [0.4, 0.5) is 5.13 Å². The van der Waals surface area contributed by atoms with Crippen molar-refractivity contribution in [2.24, 2.45) is 10.9 Å². The van der Waals surface area contributed by atoms with Gasteiger partial charge < -0.3 is 39.6 Å². The molecule has 224 valence electrons. The number of benzene rings is 1. The summed E-state index contributed by atoms with van der Waals surface area (Å²) in [7, 11) is 4.76. The minimum absolute atomic E-state index is 0.203. The Bertz CT molecular complexity index is 1260. The number of anilines is 1. The average molecular weight is 589 g/mol. The molecule has 0 aliphatic carbocycles. The van der Waals surface area contributed by atoms with Crippen LogP contribution in [0.1, 0.15) is 47.6 Å². The number of carbonyl (C=O) groups is 1. The summed E-state index contributed by atoms with van der Waals surface area (Å²) in [6, 6.07) is 3.81. The smallest absolute Gasteiger partial charge is 0.350 e. The van der Waals surface area contributed by atoms with Gasteiger partial charge in [-0.25, -0.2) is 14.8 Å². The highest BCUT2D eigenvalue weighted by molar-refractivity contribution is 7.17. The minimum Gasteiger partial charge on any atom is -0.493 e. The lowest BCUT2D eigenvalue weighted by atomic mass is 9.97. The number of carbonyl (C=O) groups excluding carboxylic acids is 1. The highest BCUT2D eigenvalue weighted by Gasteiger charge is 2.31. The van der Waals surface area contributed by atoms with Gasteiger partial charge in [-0.3, -0.25) is 5.32 Å². The number of methoxy groups -OCH3 is 3. The summed E-state index contributed by atoms with van der Waals surface area (Å²) in [5.74, 6) is 3.00. The van der Waals surface area contributed by atoms with Crippen LogP contribution in [-0.2, 0) is 11.3 Å². The van der Waals surface area contributed by atoms with Crippen molar-refractivity contribution >= 4 is 28.4 Å². The maximum absolute atomic E-state index is 12.3. The lowest BCUT2D eigenvalue weighted by molar-refractivity contribution is 0.0531. The van der Waals surface area contributed by atoms with Gasteiger partial charge >= 0.3 is 5.97 Å². The maximum atomic E-state index is 12.3. The number of esters is 1. The van der Waals surface area contributed by atoms with Gasteiger partial charge in [0.25, 0.3) is 0 Å². The average Bonchev–Trinajstić information content (AvgIpc) is 3.34. The summed E-state index contributed by atoms with van der Waals surface area (Å²) in [4.78, 5) is 24.5. The van der Waals surface area contributed by atoms with Crippen LogP contribution in [0.25, 0.3) is 0 Å². The summed E-state index contributed by atoms with van der Waals surface area (Å²) in [5, 5.41) is 20.4. The van der Waals surface area contributed by atoms with Crippen molar-refractivity contribution in [3.8, 4) is 17.2 Å². The number of thiazole rings is 1. The molecule has 4 rings (SSSR count). The number of aliphatic imine (C=N–C) groups is 1. The van der Waals surface area contributed by atoms with Gasteiger partial charge in [0.15, 0.2) is 16.6 Å². The standard InChI is InChI=1S/C28H40N6O6S/c1-7-40-25(36)24-17(2)30-27(41-24)32-26-31-22(34-10-8-18(16-35)9-11-34)14-28(3,33-26)29-15-19-12-20(37-4)23(39-6)21(13-19)38-5/h12-14,18,29,35H,7-11,15-16H2,1-6H3,(H2,30,31,32,33). The van der Waals surface area contributed by atoms with E-state index < -0.39 is 11.6 Å². The van der Waals surface area contributed by atoms with Crippen LogP contribution in [0.2, 0.25) is 0 Å². The Morgan fingerprint density at radius 2 is 1.88 bits per heavy atom. The molecule has 41 heavy (non-hydrogen) atoms. The van der Waals surface area contributed by atoms with E-state index in [-0.39, 0.29) is 6.61 Å². The Kier molecular flexibility index (Phi) is 9.94. The topological polar surface area (TPSA) is 139 Å². The molecule has 2 aliphatic rings. The number of piperidine rings is 1. The third-order valence-corrected chi connectivity index (χ3v) is 8.13. The second-order valence-corrected chi connectivity index (χ2v) is 11.0. The predicted molar refractivity (Wildman–Crippen MR) is 158 cm³/mol. The molecule has 0 bridgehead atoms. The third kappa shape index (κ3) is 7.21. The summed E-state index contributed by atoms with van der Waals surface area (Å²) < 4.78 is 21.7. The second-order valence-electron chi connectivity index (χ2n) is 10.0. The van der Waals surface area contributed by atoms with E-state index in [0.29, 0.717) is 58.0 Å². The summed E-state index contributed by atoms with van der Waals surface area (Å²) >= 11 is 1.22. The number of ether oxygens (including phenoxy) is 4. The molecule has 1 unspecified atom stereocenters.